The van der Waals surface area contributed by atoms with E-state index in [0.29, 0.717) is 55.7 Å². The number of hydrogen-bond acceptors (Lipinski definition) is 8. The van der Waals surface area contributed by atoms with Gasteiger partial charge in [-0.05, 0) is 81.2 Å². The van der Waals surface area contributed by atoms with Crippen LogP contribution in [0.25, 0.3) is 0 Å². The van der Waals surface area contributed by atoms with Crippen molar-refractivity contribution in [3.05, 3.63) is 47.5 Å². The minimum atomic E-state index is -3.71. The standard InChI is InChI=1S/C27H37N3O7S/c1-19-15-23(26-25(16-19)36-13-4-14-37-26)27(32)29-17-20-9-11-30(18-24(20)31)10-2-3-12-35-21-5-7-22(8-6-21)38(28,33)34/h5-8,15-16,20,24,31H,2-4,9-14,17-18H2,1H3,(H,29,32)(H2,28,33,34)/t20-,24+/m0/s1. The van der Waals surface area contributed by atoms with E-state index >= 15 is 0 Å². The minimum absolute atomic E-state index is 0.0144. The summed E-state index contributed by atoms with van der Waals surface area (Å²) >= 11 is 0. The first-order valence-electron chi connectivity index (χ1n) is 13.1. The van der Waals surface area contributed by atoms with Gasteiger partial charge in [0, 0.05) is 25.4 Å². The third-order valence-corrected chi connectivity index (χ3v) is 7.79. The number of hydrogen-bond donors (Lipinski definition) is 3. The Bertz CT molecular complexity index is 1200. The van der Waals surface area contributed by atoms with Gasteiger partial charge in [0.1, 0.15) is 5.75 Å². The number of amides is 1. The molecule has 2 aliphatic rings. The molecule has 0 aromatic heterocycles. The van der Waals surface area contributed by atoms with Crippen LogP contribution < -0.4 is 24.7 Å². The lowest BCUT2D eigenvalue weighted by atomic mass is 9.93. The number of ether oxygens (including phenoxy) is 3. The summed E-state index contributed by atoms with van der Waals surface area (Å²) in [6.45, 7) is 6.16. The molecule has 0 bridgehead atoms. The molecule has 2 aromatic rings. The van der Waals surface area contributed by atoms with Crippen LogP contribution in [0, 0.1) is 12.8 Å². The molecule has 0 unspecified atom stereocenters. The van der Waals surface area contributed by atoms with Crippen LogP contribution in [-0.2, 0) is 10.0 Å². The first-order valence-corrected chi connectivity index (χ1v) is 14.6. The van der Waals surface area contributed by atoms with Gasteiger partial charge in [-0.1, -0.05) is 0 Å². The second-order valence-corrected chi connectivity index (χ2v) is 11.5. The van der Waals surface area contributed by atoms with Crippen LogP contribution in [0.5, 0.6) is 17.2 Å². The highest BCUT2D eigenvalue weighted by atomic mass is 32.2. The second-order valence-electron chi connectivity index (χ2n) is 9.89. The molecule has 10 nitrogen and oxygen atoms in total. The number of nitrogens with zero attached hydrogens (tertiary/aromatic N) is 1. The van der Waals surface area contributed by atoms with Gasteiger partial charge in [0.25, 0.3) is 5.91 Å². The molecule has 1 saturated heterocycles. The van der Waals surface area contributed by atoms with Gasteiger partial charge in [-0.15, -0.1) is 0 Å². The summed E-state index contributed by atoms with van der Waals surface area (Å²) in [5, 5.41) is 18.8. The Balaban J connectivity index is 1.16. The number of aliphatic hydroxyl groups excluding tert-OH is 1. The average Bonchev–Trinajstić information content (AvgIpc) is 3.12. The van der Waals surface area contributed by atoms with Gasteiger partial charge in [0.2, 0.25) is 10.0 Å². The summed E-state index contributed by atoms with van der Waals surface area (Å²) in [4.78, 5) is 15.3. The van der Waals surface area contributed by atoms with Crippen molar-refractivity contribution < 1.29 is 32.5 Å². The molecule has 2 heterocycles. The van der Waals surface area contributed by atoms with Crippen molar-refractivity contribution in [3.63, 3.8) is 0 Å². The van der Waals surface area contributed by atoms with Crippen molar-refractivity contribution >= 4 is 15.9 Å². The normalized spacial score (nSPS) is 20.0. The number of sulfonamides is 1. The third kappa shape index (κ3) is 7.59. The molecule has 38 heavy (non-hydrogen) atoms. The monoisotopic (exact) mass is 547 g/mol. The highest BCUT2D eigenvalue weighted by Crippen LogP contribution is 2.35. The van der Waals surface area contributed by atoms with E-state index in [4.69, 9.17) is 19.3 Å². The number of fused-ring (bicyclic) bond motifs is 1. The van der Waals surface area contributed by atoms with Crippen LogP contribution in [0.1, 0.15) is 41.6 Å². The molecular formula is C27H37N3O7S. The molecule has 0 spiro atoms. The van der Waals surface area contributed by atoms with Crippen LogP contribution in [0.3, 0.4) is 0 Å². The molecule has 4 rings (SSSR count). The number of carbonyl (C=O) groups excluding carboxylic acids is 1. The highest BCUT2D eigenvalue weighted by Gasteiger charge is 2.28. The van der Waals surface area contributed by atoms with Gasteiger partial charge < -0.3 is 29.5 Å². The van der Waals surface area contributed by atoms with Crippen molar-refractivity contribution in [2.45, 2.75) is 43.6 Å². The van der Waals surface area contributed by atoms with E-state index in [2.05, 4.69) is 10.2 Å². The van der Waals surface area contributed by atoms with Crippen molar-refractivity contribution in [1.82, 2.24) is 10.2 Å². The Morgan fingerprint density at radius 1 is 1.18 bits per heavy atom. The quantitative estimate of drug-likeness (QED) is 0.384. The summed E-state index contributed by atoms with van der Waals surface area (Å²) < 4.78 is 39.9. The summed E-state index contributed by atoms with van der Waals surface area (Å²) in [7, 11) is -3.71. The van der Waals surface area contributed by atoms with E-state index < -0.39 is 16.1 Å². The largest absolute Gasteiger partial charge is 0.494 e. The molecule has 0 aliphatic carbocycles. The summed E-state index contributed by atoms with van der Waals surface area (Å²) in [6, 6.07) is 9.74. The van der Waals surface area contributed by atoms with Crippen LogP contribution in [0.4, 0.5) is 0 Å². The number of β-amino-alcohol motifs (C(OH)–C–C–N with tert-alkyl or cyclic N) is 1. The molecule has 4 N–H and O–H groups in total. The number of nitrogens with two attached hydrogens (primary N) is 1. The predicted octanol–water partition coefficient (Wildman–Crippen LogP) is 2.08. The van der Waals surface area contributed by atoms with Gasteiger partial charge in [-0.2, -0.15) is 0 Å². The summed E-state index contributed by atoms with van der Waals surface area (Å²) in [5.41, 5.74) is 1.40. The number of nitrogens with one attached hydrogen (secondary N) is 1. The topological polar surface area (TPSA) is 140 Å². The SMILES string of the molecule is Cc1cc2c(c(C(=O)NC[C@@H]3CCN(CCCCOc4ccc(S(N)(=O)=O)cc4)C[C@H]3O)c1)OCCCO2. The van der Waals surface area contributed by atoms with Gasteiger partial charge in [-0.3, -0.25) is 4.79 Å². The van der Waals surface area contributed by atoms with Crippen LogP contribution in [0.2, 0.25) is 0 Å². The van der Waals surface area contributed by atoms with Gasteiger partial charge >= 0.3 is 0 Å². The Labute approximate surface area is 224 Å². The molecule has 11 heteroatoms. The molecule has 2 atom stereocenters. The molecule has 208 valence electrons. The van der Waals surface area contributed by atoms with Gasteiger partial charge in [0.05, 0.1) is 36.4 Å². The number of primary sulfonamides is 1. The highest BCUT2D eigenvalue weighted by molar-refractivity contribution is 7.89. The summed E-state index contributed by atoms with van der Waals surface area (Å²) in [5.74, 6) is 1.46. The molecular weight excluding hydrogens is 510 g/mol. The minimum Gasteiger partial charge on any atom is -0.494 e. The second kappa shape index (κ2) is 12.8. The molecule has 2 aliphatic heterocycles. The number of unbranched alkanes of at least 4 members (excludes halogenated alkanes) is 1. The number of benzene rings is 2. The number of aliphatic hydroxyl groups is 1. The molecule has 1 amide bonds. The van der Waals surface area contributed by atoms with Crippen molar-refractivity contribution in [2.24, 2.45) is 11.1 Å². The van der Waals surface area contributed by atoms with Crippen LogP contribution in [-0.4, -0.2) is 76.4 Å². The molecule has 2 aromatic carbocycles. The fraction of sp³-hybridized carbons (Fsp3) is 0.519. The zero-order valence-electron chi connectivity index (χ0n) is 21.7. The zero-order chi connectivity index (χ0) is 27.1. The number of aryl methyl sites for hydroxylation is 1. The predicted molar refractivity (Wildman–Crippen MR) is 142 cm³/mol. The molecule has 0 radical (unpaired) electrons. The van der Waals surface area contributed by atoms with Crippen LogP contribution >= 0.6 is 0 Å². The fourth-order valence-electron chi connectivity index (χ4n) is 4.74. The Hall–Kier alpha value is -2.86. The van der Waals surface area contributed by atoms with E-state index in [1.54, 1.807) is 12.1 Å². The van der Waals surface area contributed by atoms with Crippen LogP contribution in [0.15, 0.2) is 41.3 Å². The van der Waals surface area contributed by atoms with E-state index in [-0.39, 0.29) is 16.7 Å². The number of piperidine rings is 1. The number of rotatable bonds is 10. The first-order chi connectivity index (χ1) is 18.2. The zero-order valence-corrected chi connectivity index (χ0v) is 22.5. The average molecular weight is 548 g/mol. The van der Waals surface area contributed by atoms with Crippen molar-refractivity contribution in [2.75, 3.05) is 46.0 Å². The lowest BCUT2D eigenvalue weighted by Gasteiger charge is -2.36. The Kier molecular flexibility index (Phi) is 9.48. The van der Waals surface area contributed by atoms with E-state index in [0.717, 1.165) is 44.3 Å². The fourth-order valence-corrected chi connectivity index (χ4v) is 5.25. The van der Waals surface area contributed by atoms with Crippen molar-refractivity contribution in [3.8, 4) is 17.2 Å². The maximum absolute atomic E-state index is 13.0. The Morgan fingerprint density at radius 3 is 2.68 bits per heavy atom. The maximum Gasteiger partial charge on any atom is 0.255 e. The summed E-state index contributed by atoms with van der Waals surface area (Å²) in [6.07, 6.45) is 2.77. The molecule has 1 fully saturated rings. The number of likely N-dealkylation sites (tertiary alicyclic amines) is 1. The lowest BCUT2D eigenvalue weighted by Crippen LogP contribution is -2.47. The van der Waals surface area contributed by atoms with E-state index in [1.165, 1.54) is 12.1 Å². The van der Waals surface area contributed by atoms with Gasteiger partial charge in [-0.25, -0.2) is 13.6 Å². The Morgan fingerprint density at radius 2 is 1.95 bits per heavy atom. The lowest BCUT2D eigenvalue weighted by molar-refractivity contribution is 0.0213. The van der Waals surface area contributed by atoms with Gasteiger partial charge in [0.15, 0.2) is 11.5 Å². The van der Waals surface area contributed by atoms with E-state index in [9.17, 15) is 18.3 Å². The van der Waals surface area contributed by atoms with E-state index in [1.807, 2.05) is 19.1 Å². The first kappa shape index (κ1) is 28.2. The molecule has 0 saturated carbocycles. The smallest absolute Gasteiger partial charge is 0.255 e. The third-order valence-electron chi connectivity index (χ3n) is 6.86. The maximum atomic E-state index is 13.0. The number of carbonyl (C=O) groups is 1. The van der Waals surface area contributed by atoms with Crippen molar-refractivity contribution in [1.29, 1.82) is 0 Å².